The summed E-state index contributed by atoms with van der Waals surface area (Å²) in [4.78, 5) is 0. The van der Waals surface area contributed by atoms with Gasteiger partial charge in [-0.25, -0.2) is 13.9 Å². The minimum absolute atomic E-state index is 0.0740. The van der Waals surface area contributed by atoms with Gasteiger partial charge in [-0.3, -0.25) is 0 Å². The highest BCUT2D eigenvalue weighted by Crippen LogP contribution is 2.36. The van der Waals surface area contributed by atoms with Crippen molar-refractivity contribution in [3.05, 3.63) is 95.0 Å². The number of nitrogens with two attached hydrogens (primary N) is 1. The van der Waals surface area contributed by atoms with Gasteiger partial charge in [-0.15, -0.1) is 0 Å². The molecular formula is C26H24F5N5O3S. The van der Waals surface area contributed by atoms with Crippen molar-refractivity contribution in [1.82, 2.24) is 19.8 Å². The van der Waals surface area contributed by atoms with Crippen LogP contribution in [0, 0.1) is 11.6 Å². The maximum atomic E-state index is 13.7. The second-order valence-electron chi connectivity index (χ2n) is 8.73. The lowest BCUT2D eigenvalue weighted by atomic mass is 9.94. The lowest BCUT2D eigenvalue weighted by Crippen LogP contribution is -2.43. The number of rotatable bonds is 4. The van der Waals surface area contributed by atoms with Gasteiger partial charge in [0, 0.05) is 49.1 Å². The van der Waals surface area contributed by atoms with Crippen LogP contribution in [-0.2, 0) is 16.4 Å². The topological polar surface area (TPSA) is 110 Å². The van der Waals surface area contributed by atoms with Crippen LogP contribution in [0.25, 0.3) is 16.7 Å². The Hall–Kier alpha value is -3.88. The third-order valence-electron chi connectivity index (χ3n) is 6.22. The first-order valence-corrected chi connectivity index (χ1v) is 13.3. The van der Waals surface area contributed by atoms with Crippen LogP contribution in [0.1, 0.15) is 17.7 Å². The van der Waals surface area contributed by atoms with Crippen LogP contribution >= 0.6 is 0 Å². The zero-order chi connectivity index (χ0) is 29.1. The zero-order valence-electron chi connectivity index (χ0n) is 21.0. The van der Waals surface area contributed by atoms with Gasteiger partial charge in [0.1, 0.15) is 17.4 Å². The quantitative estimate of drug-likeness (QED) is 0.445. The molecule has 3 N–H and O–H groups in total. The van der Waals surface area contributed by atoms with Crippen LogP contribution in [0.15, 0.2) is 72.1 Å². The molecule has 8 nitrogen and oxygen atoms in total. The maximum Gasteiger partial charge on any atom is 0.419 e. The fourth-order valence-corrected chi connectivity index (χ4v) is 4.92. The number of alkyl halides is 3. The van der Waals surface area contributed by atoms with Crippen molar-refractivity contribution in [1.29, 1.82) is 0 Å². The Balaban J connectivity index is 0.000000185. The summed E-state index contributed by atoms with van der Waals surface area (Å²) in [7, 11) is -2.32. The van der Waals surface area contributed by atoms with Gasteiger partial charge in [-0.2, -0.15) is 36.1 Å². The predicted molar refractivity (Wildman–Crippen MR) is 138 cm³/mol. The zero-order valence-corrected chi connectivity index (χ0v) is 21.9. The van der Waals surface area contributed by atoms with E-state index >= 15 is 0 Å². The normalized spacial score (nSPS) is 15.8. The number of hydrogen-bond donors (Lipinski definition) is 2. The van der Waals surface area contributed by atoms with Crippen molar-refractivity contribution in [2.75, 3.05) is 26.7 Å². The first kappa shape index (κ1) is 29.1. The number of benzene rings is 2. The van der Waals surface area contributed by atoms with Crippen LogP contribution < -0.4 is 15.2 Å². The molecule has 14 heteroatoms. The molecule has 2 aliphatic heterocycles. The van der Waals surface area contributed by atoms with E-state index in [2.05, 4.69) is 15.5 Å². The molecule has 1 aromatic heterocycles. The van der Waals surface area contributed by atoms with Crippen LogP contribution in [0.3, 0.4) is 0 Å². The third-order valence-corrected chi connectivity index (χ3v) is 7.25. The van der Waals surface area contributed by atoms with E-state index in [4.69, 9.17) is 9.88 Å². The molecule has 0 aliphatic carbocycles. The van der Waals surface area contributed by atoms with Gasteiger partial charge >= 0.3 is 6.18 Å². The molecule has 0 bridgehead atoms. The average molecular weight is 582 g/mol. The molecule has 212 valence electrons. The lowest BCUT2D eigenvalue weighted by Gasteiger charge is -2.32. The van der Waals surface area contributed by atoms with E-state index < -0.39 is 33.6 Å². The van der Waals surface area contributed by atoms with E-state index in [9.17, 15) is 30.4 Å². The van der Waals surface area contributed by atoms with E-state index in [1.807, 2.05) is 18.2 Å². The van der Waals surface area contributed by atoms with Gasteiger partial charge in [-0.1, -0.05) is 12.1 Å². The number of ether oxygens (including phenoxy) is 1. The number of nitrogens with zero attached hydrogens (tertiary/aromatic N) is 3. The minimum Gasteiger partial charge on any atom is -0.497 e. The fourth-order valence-electron chi connectivity index (χ4n) is 4.26. The molecule has 5 rings (SSSR count). The summed E-state index contributed by atoms with van der Waals surface area (Å²) < 4.78 is 94.0. The SMILES string of the molecule is COc1ccc(F)c(-c2ccc(F)c(C(F)(F)F)c2)c1.NS(=O)(=O)N1CCC2=C(C1)C(c1cccnn1)=CCN2. The standard InChI is InChI=1S/C14H9F5O.C12H15N5O2S/c1-20-9-3-5-12(15)10(7-9)8-2-4-13(16)11(6-8)14(17,18)19;13-20(18,19)17-7-4-11-10(8-17)9(3-6-14-11)12-2-1-5-15-16-12/h2-7H,1H3;1-3,5,14H,4,6-8H2,(H2,13,18,19). The molecule has 40 heavy (non-hydrogen) atoms. The number of methoxy groups -OCH3 is 1. The van der Waals surface area contributed by atoms with Crippen molar-refractivity contribution >= 4 is 15.8 Å². The van der Waals surface area contributed by atoms with E-state index in [0.29, 0.717) is 37.4 Å². The largest absolute Gasteiger partial charge is 0.497 e. The number of hydrogen-bond acceptors (Lipinski definition) is 6. The molecule has 0 radical (unpaired) electrons. The summed E-state index contributed by atoms with van der Waals surface area (Å²) in [6, 6.07) is 9.67. The molecule has 0 spiro atoms. The monoisotopic (exact) mass is 581 g/mol. The summed E-state index contributed by atoms with van der Waals surface area (Å²) in [6.45, 7) is 1.38. The van der Waals surface area contributed by atoms with E-state index in [1.165, 1.54) is 23.5 Å². The molecule has 0 unspecified atom stereocenters. The van der Waals surface area contributed by atoms with Crippen molar-refractivity contribution in [2.45, 2.75) is 12.6 Å². The predicted octanol–water partition coefficient (Wildman–Crippen LogP) is 4.29. The number of dihydropyridines is 1. The van der Waals surface area contributed by atoms with Gasteiger partial charge in [-0.05, 0) is 53.6 Å². The van der Waals surface area contributed by atoms with E-state index in [1.54, 1.807) is 6.20 Å². The maximum absolute atomic E-state index is 13.7. The molecule has 0 saturated heterocycles. The summed E-state index contributed by atoms with van der Waals surface area (Å²) in [5.74, 6) is -1.82. The van der Waals surface area contributed by atoms with Crippen molar-refractivity contribution in [2.24, 2.45) is 5.14 Å². The van der Waals surface area contributed by atoms with Gasteiger partial charge in [0.2, 0.25) is 0 Å². The molecule has 3 aromatic rings. The van der Waals surface area contributed by atoms with E-state index in [-0.39, 0.29) is 17.7 Å². The van der Waals surface area contributed by atoms with E-state index in [0.717, 1.165) is 34.7 Å². The van der Waals surface area contributed by atoms with Gasteiger partial charge < -0.3 is 10.1 Å². The Morgan fingerprint density at radius 3 is 2.48 bits per heavy atom. The summed E-state index contributed by atoms with van der Waals surface area (Å²) in [5, 5.41) is 16.5. The first-order chi connectivity index (χ1) is 18.9. The van der Waals surface area contributed by atoms with Gasteiger partial charge in [0.15, 0.2) is 0 Å². The number of halogens is 5. The number of nitrogens with one attached hydrogen (secondary N) is 1. The molecule has 2 aliphatic rings. The number of aromatic nitrogens is 2. The van der Waals surface area contributed by atoms with Crippen molar-refractivity contribution in [3.8, 4) is 16.9 Å². The van der Waals surface area contributed by atoms with Gasteiger partial charge in [0.05, 0.1) is 18.4 Å². The molecule has 0 atom stereocenters. The minimum atomic E-state index is -4.84. The first-order valence-electron chi connectivity index (χ1n) is 11.8. The average Bonchev–Trinajstić information content (AvgIpc) is 2.93. The lowest BCUT2D eigenvalue weighted by molar-refractivity contribution is -0.139. The summed E-state index contributed by atoms with van der Waals surface area (Å²) >= 11 is 0. The Morgan fingerprint density at radius 1 is 1.07 bits per heavy atom. The molecular weight excluding hydrogens is 557 g/mol. The van der Waals surface area contributed by atoms with Crippen LogP contribution in [-0.4, -0.2) is 49.7 Å². The highest BCUT2D eigenvalue weighted by molar-refractivity contribution is 7.86. The molecule has 0 saturated carbocycles. The molecule has 3 heterocycles. The molecule has 0 fully saturated rings. The second kappa shape index (κ2) is 11.7. The van der Waals surface area contributed by atoms with Crippen molar-refractivity contribution < 1.29 is 35.1 Å². The Kier molecular flexibility index (Phi) is 8.51. The highest BCUT2D eigenvalue weighted by atomic mass is 32.2. The summed E-state index contributed by atoms with van der Waals surface area (Å²) in [6.07, 6.45) is -0.605. The highest BCUT2D eigenvalue weighted by Gasteiger charge is 2.34. The Bertz CT molecular complexity index is 1560. The smallest absolute Gasteiger partial charge is 0.419 e. The molecule has 2 aromatic carbocycles. The Morgan fingerprint density at radius 2 is 1.82 bits per heavy atom. The van der Waals surface area contributed by atoms with Crippen LogP contribution in [0.5, 0.6) is 5.75 Å². The third kappa shape index (κ3) is 6.63. The molecule has 0 amide bonds. The second-order valence-corrected chi connectivity index (χ2v) is 10.3. The summed E-state index contributed by atoms with van der Waals surface area (Å²) in [5.41, 5.74) is 2.07. The fraction of sp³-hybridized carbons (Fsp3) is 0.231. The van der Waals surface area contributed by atoms with Gasteiger partial charge in [0.25, 0.3) is 10.2 Å². The van der Waals surface area contributed by atoms with Crippen molar-refractivity contribution in [3.63, 3.8) is 0 Å². The van der Waals surface area contributed by atoms with Crippen LogP contribution in [0.2, 0.25) is 0 Å². The Labute approximate surface area is 227 Å². The van der Waals surface area contributed by atoms with Crippen LogP contribution in [0.4, 0.5) is 22.0 Å².